The molecule has 0 bridgehead atoms. The first-order chi connectivity index (χ1) is 12.6. The Bertz CT molecular complexity index is 957. The van der Waals surface area contributed by atoms with Crippen LogP contribution in [-0.4, -0.2) is 20.9 Å². The fraction of sp³-hybridized carbons (Fsp3) is 0.211. The minimum atomic E-state index is -0.185. The zero-order valence-corrected chi connectivity index (χ0v) is 16.9. The number of halogens is 2. The molecule has 0 radical (unpaired) electrons. The molecule has 5 nitrogen and oxygen atoms in total. The second-order valence-electron chi connectivity index (χ2n) is 6.17. The molecule has 2 heterocycles. The Morgan fingerprint density at radius 3 is 2.65 bits per heavy atom. The molecule has 1 aromatic heterocycles. The average molecular weight is 477 g/mol. The van der Waals surface area contributed by atoms with Gasteiger partial charge in [-0.15, -0.1) is 0 Å². The zero-order chi connectivity index (χ0) is 18.1. The van der Waals surface area contributed by atoms with Gasteiger partial charge in [0.1, 0.15) is 6.04 Å². The molecule has 0 saturated carbocycles. The molecule has 3 aromatic rings. The number of amides is 1. The molecule has 1 unspecified atom stereocenters. The number of hydrogen-bond donors (Lipinski definition) is 0. The van der Waals surface area contributed by atoms with Crippen LogP contribution in [0.3, 0.4) is 0 Å². The number of nitrogens with zero attached hydrogens (tertiary/aromatic N) is 3. The molecule has 0 aliphatic carbocycles. The molecule has 1 aliphatic rings. The second-order valence-corrected chi connectivity index (χ2v) is 8.00. The van der Waals surface area contributed by atoms with Crippen LogP contribution >= 0.6 is 31.9 Å². The third-order valence-electron chi connectivity index (χ3n) is 4.38. The van der Waals surface area contributed by atoms with E-state index in [2.05, 4.69) is 42.0 Å². The molecule has 0 spiro atoms. The van der Waals surface area contributed by atoms with Crippen molar-refractivity contribution >= 4 is 37.8 Å². The molecule has 1 saturated heterocycles. The van der Waals surface area contributed by atoms with Crippen molar-refractivity contribution in [3.8, 4) is 11.4 Å². The van der Waals surface area contributed by atoms with Crippen molar-refractivity contribution in [2.75, 3.05) is 0 Å². The van der Waals surface area contributed by atoms with Crippen molar-refractivity contribution in [1.29, 1.82) is 0 Å². The fourth-order valence-corrected chi connectivity index (χ4v) is 3.98. The zero-order valence-electron chi connectivity index (χ0n) is 13.7. The van der Waals surface area contributed by atoms with Crippen LogP contribution in [0.2, 0.25) is 0 Å². The van der Waals surface area contributed by atoms with Crippen LogP contribution in [0.25, 0.3) is 11.4 Å². The van der Waals surface area contributed by atoms with Crippen molar-refractivity contribution in [3.63, 3.8) is 0 Å². The maximum absolute atomic E-state index is 12.4. The predicted octanol–water partition coefficient (Wildman–Crippen LogP) is 5.13. The van der Waals surface area contributed by atoms with Crippen molar-refractivity contribution in [2.45, 2.75) is 25.4 Å². The lowest BCUT2D eigenvalue weighted by Gasteiger charge is -2.22. The van der Waals surface area contributed by atoms with E-state index in [9.17, 15) is 4.79 Å². The highest BCUT2D eigenvalue weighted by molar-refractivity contribution is 9.10. The summed E-state index contributed by atoms with van der Waals surface area (Å²) < 4.78 is 7.45. The highest BCUT2D eigenvalue weighted by atomic mass is 79.9. The van der Waals surface area contributed by atoms with Gasteiger partial charge in [0.2, 0.25) is 17.6 Å². The van der Waals surface area contributed by atoms with E-state index in [1.54, 1.807) is 0 Å². The third-order valence-corrected chi connectivity index (χ3v) is 5.37. The number of hydrogen-bond acceptors (Lipinski definition) is 4. The number of carbonyl (C=O) groups is 1. The lowest BCUT2D eigenvalue weighted by Crippen LogP contribution is -2.27. The van der Waals surface area contributed by atoms with Crippen molar-refractivity contribution in [1.82, 2.24) is 15.0 Å². The van der Waals surface area contributed by atoms with E-state index >= 15 is 0 Å². The van der Waals surface area contributed by atoms with Gasteiger partial charge in [0.25, 0.3) is 0 Å². The Morgan fingerprint density at radius 2 is 1.88 bits per heavy atom. The van der Waals surface area contributed by atoms with Gasteiger partial charge in [-0.25, -0.2) is 0 Å². The van der Waals surface area contributed by atoms with Crippen molar-refractivity contribution in [3.05, 3.63) is 68.9 Å². The van der Waals surface area contributed by atoms with Gasteiger partial charge in [-0.1, -0.05) is 61.3 Å². The smallest absolute Gasteiger partial charge is 0.249 e. The minimum Gasteiger partial charge on any atom is -0.337 e. The molecule has 1 fully saturated rings. The van der Waals surface area contributed by atoms with Gasteiger partial charge in [-0.05, 0) is 36.2 Å². The van der Waals surface area contributed by atoms with Gasteiger partial charge in [0.15, 0.2) is 0 Å². The first kappa shape index (κ1) is 17.4. The quantitative estimate of drug-likeness (QED) is 0.524. The lowest BCUT2D eigenvalue weighted by atomic mass is 10.2. The molecule has 7 heteroatoms. The van der Waals surface area contributed by atoms with Crippen LogP contribution in [-0.2, 0) is 11.3 Å². The van der Waals surface area contributed by atoms with Crippen LogP contribution in [0.15, 0.2) is 62.0 Å². The van der Waals surface area contributed by atoms with E-state index in [1.807, 2.05) is 53.4 Å². The van der Waals surface area contributed by atoms with Crippen LogP contribution < -0.4 is 0 Å². The summed E-state index contributed by atoms with van der Waals surface area (Å²) in [5.41, 5.74) is 1.93. The van der Waals surface area contributed by atoms with Crippen LogP contribution in [0.4, 0.5) is 0 Å². The average Bonchev–Trinajstić information content (AvgIpc) is 3.23. The summed E-state index contributed by atoms with van der Waals surface area (Å²) in [5.74, 6) is 1.13. The second kappa shape index (κ2) is 7.32. The summed E-state index contributed by atoms with van der Waals surface area (Å²) in [6, 6.07) is 15.5. The molecule has 1 amide bonds. The van der Waals surface area contributed by atoms with Crippen molar-refractivity contribution < 1.29 is 9.32 Å². The Hall–Kier alpha value is -1.99. The van der Waals surface area contributed by atoms with E-state index in [0.29, 0.717) is 31.1 Å². The Kier molecular flexibility index (Phi) is 4.91. The summed E-state index contributed by atoms with van der Waals surface area (Å²) in [6.07, 6.45) is 1.18. The monoisotopic (exact) mass is 475 g/mol. The van der Waals surface area contributed by atoms with E-state index in [4.69, 9.17) is 4.52 Å². The van der Waals surface area contributed by atoms with E-state index in [0.717, 1.165) is 20.1 Å². The lowest BCUT2D eigenvalue weighted by molar-refractivity contribution is -0.129. The summed E-state index contributed by atoms with van der Waals surface area (Å²) in [7, 11) is 0. The molecule has 1 aliphatic heterocycles. The molecule has 1 atom stereocenters. The first-order valence-corrected chi connectivity index (χ1v) is 9.82. The van der Waals surface area contributed by atoms with Gasteiger partial charge < -0.3 is 9.42 Å². The Morgan fingerprint density at radius 1 is 1.12 bits per heavy atom. The number of likely N-dealkylation sites (tertiary alicyclic amines) is 1. The van der Waals surface area contributed by atoms with Crippen LogP contribution in [0, 0.1) is 0 Å². The maximum atomic E-state index is 12.4. The van der Waals surface area contributed by atoms with E-state index < -0.39 is 0 Å². The van der Waals surface area contributed by atoms with E-state index in [-0.39, 0.29) is 11.9 Å². The SMILES string of the molecule is O=C1CCC(c2nc(-c3cccc(Br)c3)no2)N1Cc1cccc(Br)c1. The van der Waals surface area contributed by atoms with E-state index in [1.165, 1.54) is 0 Å². The Labute approximate surface area is 167 Å². The number of rotatable bonds is 4. The van der Waals surface area contributed by atoms with Gasteiger partial charge >= 0.3 is 0 Å². The number of carbonyl (C=O) groups excluding carboxylic acids is 1. The first-order valence-electron chi connectivity index (χ1n) is 8.23. The largest absolute Gasteiger partial charge is 0.337 e. The van der Waals surface area contributed by atoms with Crippen LogP contribution in [0.1, 0.15) is 30.3 Å². The summed E-state index contributed by atoms with van der Waals surface area (Å²) in [4.78, 5) is 18.8. The normalized spacial score (nSPS) is 17.1. The van der Waals surface area contributed by atoms with Gasteiger partial charge in [0.05, 0.1) is 0 Å². The molecule has 2 aromatic carbocycles. The molecule has 26 heavy (non-hydrogen) atoms. The van der Waals surface area contributed by atoms with Gasteiger partial charge in [-0.3, -0.25) is 4.79 Å². The molecular weight excluding hydrogens is 462 g/mol. The Balaban J connectivity index is 1.59. The third kappa shape index (κ3) is 3.59. The van der Waals surface area contributed by atoms with Gasteiger partial charge in [-0.2, -0.15) is 4.98 Å². The predicted molar refractivity (Wildman–Crippen MR) is 104 cm³/mol. The highest BCUT2D eigenvalue weighted by Crippen LogP contribution is 2.34. The molecular formula is C19H15Br2N3O2. The highest BCUT2D eigenvalue weighted by Gasteiger charge is 2.36. The minimum absolute atomic E-state index is 0.109. The number of benzene rings is 2. The standard InChI is InChI=1S/C19H15Br2N3O2/c20-14-5-1-3-12(9-14)11-24-16(7-8-17(24)25)19-22-18(23-26-19)13-4-2-6-15(21)10-13/h1-6,9-10,16H,7-8,11H2. The summed E-state index contributed by atoms with van der Waals surface area (Å²) in [5, 5.41) is 4.10. The number of aromatic nitrogens is 2. The molecule has 4 rings (SSSR count). The maximum Gasteiger partial charge on any atom is 0.249 e. The molecule has 132 valence electrons. The van der Waals surface area contributed by atoms with Crippen LogP contribution in [0.5, 0.6) is 0 Å². The van der Waals surface area contributed by atoms with Crippen molar-refractivity contribution in [2.24, 2.45) is 0 Å². The van der Waals surface area contributed by atoms with Gasteiger partial charge in [0, 0.05) is 27.5 Å². The summed E-state index contributed by atoms with van der Waals surface area (Å²) >= 11 is 6.92. The molecule has 0 N–H and O–H groups in total. The summed E-state index contributed by atoms with van der Waals surface area (Å²) in [6.45, 7) is 0.525. The topological polar surface area (TPSA) is 59.2 Å². The fourth-order valence-electron chi connectivity index (χ4n) is 3.14.